The Labute approximate surface area is 103 Å². The molecule has 1 aliphatic heterocycles. The second kappa shape index (κ2) is 5.14. The number of piperidine rings is 1. The first-order valence-electron chi connectivity index (χ1n) is 6.32. The highest BCUT2D eigenvalue weighted by Gasteiger charge is 2.32. The Morgan fingerprint density at radius 3 is 2.82 bits per heavy atom. The smallest absolute Gasteiger partial charge is 0.240 e. The van der Waals surface area contributed by atoms with Crippen LogP contribution < -0.4 is 5.32 Å². The molecular weight excluding hydrogens is 216 g/mol. The van der Waals surface area contributed by atoms with E-state index in [1.807, 2.05) is 14.0 Å². The molecule has 0 saturated carbocycles. The molecule has 0 bridgehead atoms. The number of hydrogen-bond acceptors (Lipinski definition) is 5. The fraction of sp³-hybridized carbons (Fsp3) is 0.833. The summed E-state index contributed by atoms with van der Waals surface area (Å²) in [6.45, 7) is 8.28. The molecular formula is C12H22N4O. The largest absolute Gasteiger partial charge is 0.338 e. The predicted octanol–water partition coefficient (Wildman–Crippen LogP) is 1.20. The molecule has 1 aromatic heterocycles. The van der Waals surface area contributed by atoms with E-state index in [4.69, 9.17) is 4.52 Å². The van der Waals surface area contributed by atoms with E-state index < -0.39 is 0 Å². The number of aromatic nitrogens is 2. The summed E-state index contributed by atoms with van der Waals surface area (Å²) in [5, 5.41) is 7.23. The maximum atomic E-state index is 5.19. The van der Waals surface area contributed by atoms with Gasteiger partial charge in [-0.15, -0.1) is 0 Å². The summed E-state index contributed by atoms with van der Waals surface area (Å²) in [6, 6.07) is 1.15. The molecule has 0 aromatic carbocycles. The average molecular weight is 238 g/mol. The zero-order chi connectivity index (χ0) is 12.4. The van der Waals surface area contributed by atoms with Crippen molar-refractivity contribution in [1.82, 2.24) is 20.4 Å². The number of nitrogens with one attached hydrogen (secondary N) is 1. The highest BCUT2D eigenvalue weighted by molar-refractivity contribution is 4.91. The van der Waals surface area contributed by atoms with Crippen LogP contribution in [0.5, 0.6) is 0 Å². The van der Waals surface area contributed by atoms with Crippen molar-refractivity contribution < 1.29 is 4.52 Å². The quantitative estimate of drug-likeness (QED) is 0.857. The van der Waals surface area contributed by atoms with Gasteiger partial charge in [-0.3, -0.25) is 4.90 Å². The zero-order valence-corrected chi connectivity index (χ0v) is 11.1. The number of aryl methyl sites for hydroxylation is 1. The maximum absolute atomic E-state index is 5.19. The molecule has 0 aliphatic carbocycles. The Morgan fingerprint density at radius 1 is 1.47 bits per heavy atom. The van der Waals surface area contributed by atoms with Crippen molar-refractivity contribution in [2.45, 2.75) is 45.8 Å². The average Bonchev–Trinajstić information content (AvgIpc) is 2.71. The van der Waals surface area contributed by atoms with E-state index in [0.29, 0.717) is 23.8 Å². The molecule has 5 heteroatoms. The van der Waals surface area contributed by atoms with Gasteiger partial charge < -0.3 is 9.84 Å². The van der Waals surface area contributed by atoms with Crippen molar-refractivity contribution in [1.29, 1.82) is 0 Å². The standard InChI is InChI=1S/C12H22N4O/c1-8-9(2)16(6-5-11(8)13-4)7-12-14-10(3)15-17-12/h8-9,11,13H,5-7H2,1-4H3. The Balaban J connectivity index is 1.98. The van der Waals surface area contributed by atoms with Crippen molar-refractivity contribution in [2.75, 3.05) is 13.6 Å². The highest BCUT2D eigenvalue weighted by Crippen LogP contribution is 2.24. The van der Waals surface area contributed by atoms with Crippen LogP contribution in [-0.4, -0.2) is 40.7 Å². The van der Waals surface area contributed by atoms with Crippen LogP contribution in [0.15, 0.2) is 4.52 Å². The van der Waals surface area contributed by atoms with Gasteiger partial charge in [-0.25, -0.2) is 0 Å². The second-order valence-electron chi connectivity index (χ2n) is 4.99. The molecule has 2 rings (SSSR count). The van der Waals surface area contributed by atoms with Crippen molar-refractivity contribution in [2.24, 2.45) is 5.92 Å². The molecule has 1 fully saturated rings. The normalized spacial score (nSPS) is 30.7. The fourth-order valence-corrected chi connectivity index (χ4v) is 2.65. The minimum Gasteiger partial charge on any atom is -0.338 e. The predicted molar refractivity (Wildman–Crippen MR) is 65.5 cm³/mol. The first-order chi connectivity index (χ1) is 8.11. The van der Waals surface area contributed by atoms with E-state index in [2.05, 4.69) is 34.2 Å². The third-order valence-corrected chi connectivity index (χ3v) is 3.98. The van der Waals surface area contributed by atoms with Gasteiger partial charge in [-0.05, 0) is 33.2 Å². The van der Waals surface area contributed by atoms with Crippen LogP contribution in [0.4, 0.5) is 0 Å². The van der Waals surface area contributed by atoms with E-state index in [0.717, 1.165) is 19.0 Å². The summed E-state index contributed by atoms with van der Waals surface area (Å²) in [5.74, 6) is 2.08. The molecule has 17 heavy (non-hydrogen) atoms. The number of nitrogens with zero attached hydrogens (tertiary/aromatic N) is 3. The second-order valence-corrected chi connectivity index (χ2v) is 4.99. The van der Waals surface area contributed by atoms with Crippen LogP contribution >= 0.6 is 0 Å². The van der Waals surface area contributed by atoms with Crippen molar-refractivity contribution in [3.63, 3.8) is 0 Å². The minimum atomic E-state index is 0.536. The lowest BCUT2D eigenvalue weighted by atomic mass is 9.87. The van der Waals surface area contributed by atoms with Crippen LogP contribution in [0.25, 0.3) is 0 Å². The lowest BCUT2D eigenvalue weighted by Crippen LogP contribution is -2.52. The Kier molecular flexibility index (Phi) is 3.79. The summed E-state index contributed by atoms with van der Waals surface area (Å²) in [4.78, 5) is 6.69. The van der Waals surface area contributed by atoms with E-state index in [9.17, 15) is 0 Å². The molecule has 1 N–H and O–H groups in total. The lowest BCUT2D eigenvalue weighted by Gasteiger charge is -2.42. The zero-order valence-electron chi connectivity index (χ0n) is 11.1. The first kappa shape index (κ1) is 12.5. The molecule has 2 heterocycles. The molecule has 3 unspecified atom stereocenters. The highest BCUT2D eigenvalue weighted by atomic mass is 16.5. The summed E-state index contributed by atoms with van der Waals surface area (Å²) in [6.07, 6.45) is 1.18. The Morgan fingerprint density at radius 2 is 2.24 bits per heavy atom. The van der Waals surface area contributed by atoms with Crippen molar-refractivity contribution in [3.05, 3.63) is 11.7 Å². The van der Waals surface area contributed by atoms with Gasteiger partial charge in [-0.2, -0.15) is 4.98 Å². The molecule has 1 aromatic rings. The number of rotatable bonds is 3. The van der Waals surface area contributed by atoms with Crippen LogP contribution in [0.3, 0.4) is 0 Å². The third kappa shape index (κ3) is 2.66. The van der Waals surface area contributed by atoms with Gasteiger partial charge in [0, 0.05) is 18.6 Å². The Bertz CT molecular complexity index is 365. The lowest BCUT2D eigenvalue weighted by molar-refractivity contribution is 0.0713. The molecule has 1 aliphatic rings. The minimum absolute atomic E-state index is 0.536. The van der Waals surface area contributed by atoms with Gasteiger partial charge in [0.25, 0.3) is 0 Å². The SMILES string of the molecule is CNC1CCN(Cc2nc(C)no2)C(C)C1C. The first-order valence-corrected chi connectivity index (χ1v) is 6.32. The number of hydrogen-bond donors (Lipinski definition) is 1. The summed E-state index contributed by atoms with van der Waals surface area (Å²) in [5.41, 5.74) is 0. The van der Waals surface area contributed by atoms with Crippen LogP contribution in [0, 0.1) is 12.8 Å². The monoisotopic (exact) mass is 238 g/mol. The van der Waals surface area contributed by atoms with Crippen LogP contribution in [0.2, 0.25) is 0 Å². The van der Waals surface area contributed by atoms with Crippen molar-refractivity contribution >= 4 is 0 Å². The molecule has 0 spiro atoms. The van der Waals surface area contributed by atoms with Crippen LogP contribution in [-0.2, 0) is 6.54 Å². The van der Waals surface area contributed by atoms with E-state index in [1.54, 1.807) is 0 Å². The van der Waals surface area contributed by atoms with Gasteiger partial charge in [0.15, 0.2) is 5.82 Å². The van der Waals surface area contributed by atoms with E-state index in [-0.39, 0.29) is 0 Å². The van der Waals surface area contributed by atoms with E-state index in [1.165, 1.54) is 6.42 Å². The maximum Gasteiger partial charge on any atom is 0.240 e. The summed E-state index contributed by atoms with van der Waals surface area (Å²) >= 11 is 0. The van der Waals surface area contributed by atoms with Gasteiger partial charge in [0.1, 0.15) is 0 Å². The molecule has 5 nitrogen and oxygen atoms in total. The molecule has 3 atom stereocenters. The summed E-state index contributed by atoms with van der Waals surface area (Å²) < 4.78 is 5.19. The third-order valence-electron chi connectivity index (χ3n) is 3.98. The van der Waals surface area contributed by atoms with Crippen molar-refractivity contribution in [3.8, 4) is 0 Å². The summed E-state index contributed by atoms with van der Waals surface area (Å²) in [7, 11) is 2.05. The van der Waals surface area contributed by atoms with E-state index >= 15 is 0 Å². The number of likely N-dealkylation sites (tertiary alicyclic amines) is 1. The Hall–Kier alpha value is -0.940. The molecule has 0 amide bonds. The van der Waals surface area contributed by atoms with Gasteiger partial charge in [0.05, 0.1) is 6.54 Å². The topological polar surface area (TPSA) is 54.2 Å². The molecule has 0 radical (unpaired) electrons. The molecule has 96 valence electrons. The van der Waals surface area contributed by atoms with Gasteiger partial charge in [0.2, 0.25) is 5.89 Å². The van der Waals surface area contributed by atoms with Gasteiger partial charge >= 0.3 is 0 Å². The van der Waals surface area contributed by atoms with Gasteiger partial charge in [-0.1, -0.05) is 12.1 Å². The molecule has 1 saturated heterocycles. The van der Waals surface area contributed by atoms with Crippen LogP contribution in [0.1, 0.15) is 32.0 Å². The fourth-order valence-electron chi connectivity index (χ4n) is 2.65.